The molecule has 0 aliphatic carbocycles. The van der Waals surface area contributed by atoms with Gasteiger partial charge in [0.2, 0.25) is 5.91 Å². The summed E-state index contributed by atoms with van der Waals surface area (Å²) in [5, 5.41) is 10.7. The number of primary amides is 1. The van der Waals surface area contributed by atoms with Crippen molar-refractivity contribution in [1.29, 1.82) is 0 Å². The lowest BCUT2D eigenvalue weighted by Gasteiger charge is -2.07. The summed E-state index contributed by atoms with van der Waals surface area (Å²) in [6.07, 6.45) is 0. The van der Waals surface area contributed by atoms with Crippen LogP contribution in [0.4, 0.5) is 0 Å². The Labute approximate surface area is 146 Å². The highest BCUT2D eigenvalue weighted by Gasteiger charge is 2.19. The number of fused-ring (bicyclic) bond motifs is 1. The second-order valence-corrected chi connectivity index (χ2v) is 6.44. The van der Waals surface area contributed by atoms with E-state index in [0.29, 0.717) is 21.9 Å². The molecule has 0 saturated carbocycles. The molecule has 0 bridgehead atoms. The second-order valence-electron chi connectivity index (χ2n) is 5.01. The van der Waals surface area contributed by atoms with E-state index in [9.17, 15) is 14.7 Å². The van der Waals surface area contributed by atoms with Crippen LogP contribution in [-0.4, -0.2) is 17.0 Å². The van der Waals surface area contributed by atoms with Crippen LogP contribution < -0.4 is 10.5 Å². The van der Waals surface area contributed by atoms with Gasteiger partial charge in [-0.05, 0) is 30.3 Å². The van der Waals surface area contributed by atoms with E-state index < -0.39 is 11.9 Å². The van der Waals surface area contributed by atoms with Crippen LogP contribution in [0.2, 0.25) is 5.02 Å². The van der Waals surface area contributed by atoms with E-state index in [1.54, 1.807) is 36.4 Å². The van der Waals surface area contributed by atoms with Gasteiger partial charge in [-0.25, -0.2) is 4.79 Å². The number of carbonyl (C=O) groups excluding carboxylic acids is 1. The first-order valence-corrected chi connectivity index (χ1v) is 8.12. The van der Waals surface area contributed by atoms with Gasteiger partial charge < -0.3 is 15.6 Å². The van der Waals surface area contributed by atoms with Gasteiger partial charge in [0.1, 0.15) is 17.2 Å². The molecule has 0 atom stereocenters. The molecule has 2 aromatic carbocycles. The summed E-state index contributed by atoms with van der Waals surface area (Å²) in [6, 6.07) is 11.6. The molecule has 0 unspecified atom stereocenters. The van der Waals surface area contributed by atoms with Crippen molar-refractivity contribution in [2.24, 2.45) is 5.73 Å². The molecule has 24 heavy (non-hydrogen) atoms. The zero-order valence-corrected chi connectivity index (χ0v) is 13.9. The Kier molecular flexibility index (Phi) is 4.42. The molecule has 1 amide bonds. The maximum atomic E-state index is 11.5. The predicted octanol–water partition coefficient (Wildman–Crippen LogP) is 3.93. The molecule has 0 spiro atoms. The molecule has 5 nitrogen and oxygen atoms in total. The number of nitrogens with two attached hydrogens (primary N) is 1. The molecule has 1 heterocycles. The molecule has 7 heteroatoms. The highest BCUT2D eigenvalue weighted by molar-refractivity contribution is 7.21. The predicted molar refractivity (Wildman–Crippen MR) is 93.1 cm³/mol. The fourth-order valence-corrected chi connectivity index (χ4v) is 3.66. The van der Waals surface area contributed by atoms with E-state index in [1.165, 1.54) is 0 Å². The minimum Gasteiger partial charge on any atom is -0.489 e. The Morgan fingerprint density at radius 3 is 2.50 bits per heavy atom. The standard InChI is InChI=1S/C17H12ClNO4S/c18-13-3-1-2-11-12(15(17(21)22)24-14(11)13)8-23-10-6-4-9(5-7-10)16(19)20/h1-7H,8H2,(H2,19,20)(H,21,22). The average Bonchev–Trinajstić information content (AvgIpc) is 2.93. The number of aromatic carboxylic acids is 1. The Morgan fingerprint density at radius 2 is 1.88 bits per heavy atom. The lowest BCUT2D eigenvalue weighted by molar-refractivity contribution is 0.0699. The van der Waals surface area contributed by atoms with Crippen LogP contribution in [0.25, 0.3) is 10.1 Å². The van der Waals surface area contributed by atoms with Crippen molar-refractivity contribution in [2.45, 2.75) is 6.61 Å². The molecule has 122 valence electrons. The number of amides is 1. The average molecular weight is 362 g/mol. The Hall–Kier alpha value is -2.57. The van der Waals surface area contributed by atoms with Gasteiger partial charge >= 0.3 is 5.97 Å². The summed E-state index contributed by atoms with van der Waals surface area (Å²) in [7, 11) is 0. The summed E-state index contributed by atoms with van der Waals surface area (Å²) in [5.74, 6) is -1.03. The zero-order chi connectivity index (χ0) is 17.3. The molecule has 0 aliphatic heterocycles. The summed E-state index contributed by atoms with van der Waals surface area (Å²) < 4.78 is 6.39. The fourth-order valence-electron chi connectivity index (χ4n) is 2.32. The van der Waals surface area contributed by atoms with Gasteiger partial charge in [-0.3, -0.25) is 4.79 Å². The molecule has 0 aliphatic rings. The van der Waals surface area contributed by atoms with Gasteiger partial charge in [-0.2, -0.15) is 0 Å². The Morgan fingerprint density at radius 1 is 1.17 bits per heavy atom. The normalized spacial score (nSPS) is 10.7. The minimum atomic E-state index is -1.02. The topological polar surface area (TPSA) is 89.6 Å². The van der Waals surface area contributed by atoms with E-state index in [1.807, 2.05) is 6.07 Å². The van der Waals surface area contributed by atoms with Crippen molar-refractivity contribution in [3.05, 3.63) is 63.5 Å². The van der Waals surface area contributed by atoms with Crippen LogP contribution in [0.15, 0.2) is 42.5 Å². The highest BCUT2D eigenvalue weighted by Crippen LogP contribution is 2.36. The quantitative estimate of drug-likeness (QED) is 0.720. The van der Waals surface area contributed by atoms with Crippen molar-refractivity contribution < 1.29 is 19.4 Å². The molecule has 1 aromatic heterocycles. The monoisotopic (exact) mass is 361 g/mol. The molecule has 3 aromatic rings. The number of carboxylic acid groups (broad SMARTS) is 1. The van der Waals surface area contributed by atoms with E-state index in [-0.39, 0.29) is 11.5 Å². The van der Waals surface area contributed by atoms with Crippen LogP contribution in [0.3, 0.4) is 0 Å². The molecular weight excluding hydrogens is 350 g/mol. The third-order valence-electron chi connectivity index (χ3n) is 3.49. The van der Waals surface area contributed by atoms with Crippen LogP contribution >= 0.6 is 22.9 Å². The smallest absolute Gasteiger partial charge is 0.346 e. The largest absolute Gasteiger partial charge is 0.489 e. The summed E-state index contributed by atoms with van der Waals surface area (Å²) in [6.45, 7) is 0.0812. The van der Waals surface area contributed by atoms with Crippen molar-refractivity contribution >= 4 is 44.9 Å². The first-order chi connectivity index (χ1) is 11.5. The molecule has 0 saturated heterocycles. The van der Waals surface area contributed by atoms with E-state index in [2.05, 4.69) is 0 Å². The van der Waals surface area contributed by atoms with Gasteiger partial charge in [0.25, 0.3) is 0 Å². The maximum Gasteiger partial charge on any atom is 0.346 e. The number of benzene rings is 2. The summed E-state index contributed by atoms with van der Waals surface area (Å²) in [5.41, 5.74) is 6.14. The zero-order valence-electron chi connectivity index (χ0n) is 12.3. The van der Waals surface area contributed by atoms with E-state index in [0.717, 1.165) is 21.4 Å². The van der Waals surface area contributed by atoms with Crippen molar-refractivity contribution in [3.63, 3.8) is 0 Å². The third-order valence-corrected chi connectivity index (χ3v) is 5.18. The SMILES string of the molecule is NC(=O)c1ccc(OCc2c(C(=O)O)sc3c(Cl)cccc23)cc1. The van der Waals surface area contributed by atoms with Gasteiger partial charge in [0, 0.05) is 16.5 Å². The van der Waals surface area contributed by atoms with Crippen LogP contribution in [0, 0.1) is 0 Å². The third kappa shape index (κ3) is 3.06. The van der Waals surface area contributed by atoms with Gasteiger partial charge in [0.15, 0.2) is 0 Å². The van der Waals surface area contributed by atoms with Crippen molar-refractivity contribution in [1.82, 2.24) is 0 Å². The number of halogens is 1. The summed E-state index contributed by atoms with van der Waals surface area (Å²) in [4.78, 5) is 22.8. The number of carboxylic acids is 1. The molecule has 3 N–H and O–H groups in total. The van der Waals surface area contributed by atoms with E-state index in [4.69, 9.17) is 22.1 Å². The molecule has 3 rings (SSSR count). The van der Waals surface area contributed by atoms with Crippen LogP contribution in [-0.2, 0) is 6.61 Å². The lowest BCUT2D eigenvalue weighted by Crippen LogP contribution is -2.10. The number of thiophene rings is 1. The number of hydrogen-bond acceptors (Lipinski definition) is 4. The van der Waals surface area contributed by atoms with Crippen LogP contribution in [0.5, 0.6) is 5.75 Å². The van der Waals surface area contributed by atoms with Gasteiger partial charge in [-0.1, -0.05) is 23.7 Å². The first-order valence-electron chi connectivity index (χ1n) is 6.93. The number of hydrogen-bond donors (Lipinski definition) is 2. The van der Waals surface area contributed by atoms with E-state index >= 15 is 0 Å². The number of rotatable bonds is 5. The first kappa shape index (κ1) is 16.3. The highest BCUT2D eigenvalue weighted by atomic mass is 35.5. The molecule has 0 fully saturated rings. The van der Waals surface area contributed by atoms with Crippen molar-refractivity contribution in [2.75, 3.05) is 0 Å². The Balaban J connectivity index is 1.92. The summed E-state index contributed by atoms with van der Waals surface area (Å²) >= 11 is 7.27. The minimum absolute atomic E-state index is 0.0812. The Bertz CT molecular complexity index is 934. The second kappa shape index (κ2) is 6.51. The van der Waals surface area contributed by atoms with Gasteiger partial charge in [0.05, 0.1) is 9.72 Å². The van der Waals surface area contributed by atoms with Crippen molar-refractivity contribution in [3.8, 4) is 5.75 Å². The van der Waals surface area contributed by atoms with Gasteiger partial charge in [-0.15, -0.1) is 11.3 Å². The lowest BCUT2D eigenvalue weighted by atomic mass is 10.1. The molecular formula is C17H12ClNO4S. The molecule has 0 radical (unpaired) electrons. The number of carbonyl (C=O) groups is 2. The van der Waals surface area contributed by atoms with Crippen LogP contribution in [0.1, 0.15) is 25.6 Å². The fraction of sp³-hybridized carbons (Fsp3) is 0.0588. The number of ether oxygens (including phenoxy) is 1. The maximum absolute atomic E-state index is 11.5.